The van der Waals surface area contributed by atoms with E-state index in [0.29, 0.717) is 27.5 Å². The first-order valence-electron chi connectivity index (χ1n) is 12.8. The monoisotopic (exact) mass is 680 g/mol. The number of carboxylic acids is 1. The van der Waals surface area contributed by atoms with E-state index in [1.165, 1.54) is 17.1 Å². The lowest BCUT2D eigenvalue weighted by molar-refractivity contribution is -0.689. The highest BCUT2D eigenvalue weighted by Gasteiger charge is 2.53. The number of nitrogens with one attached hydrogen (secondary N) is 2. The molecule has 45 heavy (non-hydrogen) atoms. The first-order valence-corrected chi connectivity index (χ1v) is 15.1. The molecule has 18 heteroatoms. The number of pyridine rings is 1. The quantitative estimate of drug-likeness (QED) is 0.142. The number of aliphatic carboxylic acids is 1. The third-order valence-corrected chi connectivity index (χ3v) is 8.77. The second-order valence-electron chi connectivity index (χ2n) is 9.48. The molecule has 0 spiro atoms. The van der Waals surface area contributed by atoms with Gasteiger partial charge in [-0.3, -0.25) is 24.6 Å². The van der Waals surface area contributed by atoms with Crippen LogP contribution in [-0.4, -0.2) is 62.6 Å². The average Bonchev–Trinajstić information content (AvgIpc) is 3.46. The molecule has 2 atom stereocenters. The van der Waals surface area contributed by atoms with Crippen LogP contribution in [0.4, 0.5) is 18.3 Å². The van der Waals surface area contributed by atoms with Crippen LogP contribution in [0.15, 0.2) is 76.7 Å². The first-order chi connectivity index (χ1) is 21.4. The van der Waals surface area contributed by atoms with Crippen LogP contribution in [0.25, 0.3) is 0 Å². The number of thioether (sulfide) groups is 1. The molecular weight excluding hydrogens is 661 g/mol. The number of β-lactam (4-membered cyclic amide) rings is 1. The van der Waals surface area contributed by atoms with Crippen LogP contribution < -0.4 is 20.3 Å². The predicted molar refractivity (Wildman–Crippen MR) is 153 cm³/mol. The molecule has 2 aliphatic rings. The molecule has 0 aliphatic carbocycles. The molecule has 0 radical (unpaired) electrons. The van der Waals surface area contributed by atoms with Crippen molar-refractivity contribution >= 4 is 69.2 Å². The molecule has 4 heterocycles. The van der Waals surface area contributed by atoms with Crippen molar-refractivity contribution in [3.8, 4) is 0 Å². The lowest BCUT2D eigenvalue weighted by Gasteiger charge is -2.50. The highest BCUT2D eigenvalue weighted by atomic mass is 35.5. The number of oxime groups is 1. The van der Waals surface area contributed by atoms with Crippen LogP contribution >= 0.6 is 34.7 Å². The lowest BCUT2D eigenvalue weighted by Crippen LogP contribution is -2.71. The maximum atomic E-state index is 13.4. The van der Waals surface area contributed by atoms with E-state index in [4.69, 9.17) is 16.4 Å². The number of amides is 3. The number of halogens is 4. The van der Waals surface area contributed by atoms with Gasteiger partial charge in [-0.2, -0.15) is 13.2 Å². The zero-order valence-electron chi connectivity index (χ0n) is 22.6. The minimum absolute atomic E-state index is 0.133. The fourth-order valence-electron chi connectivity index (χ4n) is 4.33. The van der Waals surface area contributed by atoms with Crippen LogP contribution in [0.3, 0.4) is 0 Å². The Hall–Kier alpha value is -4.48. The van der Waals surface area contributed by atoms with Crippen molar-refractivity contribution in [1.82, 2.24) is 15.2 Å². The summed E-state index contributed by atoms with van der Waals surface area (Å²) in [5, 5.41) is 20.4. The van der Waals surface area contributed by atoms with Gasteiger partial charge in [-0.25, -0.2) is 9.55 Å². The zero-order chi connectivity index (χ0) is 32.3. The SMILES string of the molecule is O=C([O-])C1=C(C[n+]2ccccc2)CS[C@@H]2C(NC(=O)C(=NOCc3ccc(Cl)cc3)c3csc(NC(=O)C(F)(F)F)n3)C(=O)N12. The second kappa shape index (κ2) is 13.3. The molecule has 2 aliphatic heterocycles. The fraction of sp³-hybridized carbons (Fsp3) is 0.222. The Balaban J connectivity index is 1.35. The van der Waals surface area contributed by atoms with Crippen LogP contribution in [0.1, 0.15) is 11.3 Å². The molecule has 3 aromatic rings. The number of fused-ring (bicyclic) bond motifs is 1. The van der Waals surface area contributed by atoms with Gasteiger partial charge in [0, 0.05) is 33.9 Å². The first kappa shape index (κ1) is 31.9. The maximum absolute atomic E-state index is 13.4. The summed E-state index contributed by atoms with van der Waals surface area (Å²) in [7, 11) is 0. The summed E-state index contributed by atoms with van der Waals surface area (Å²) >= 11 is 7.71. The van der Waals surface area contributed by atoms with Gasteiger partial charge in [-0.1, -0.05) is 35.0 Å². The van der Waals surface area contributed by atoms with E-state index < -0.39 is 52.1 Å². The van der Waals surface area contributed by atoms with Gasteiger partial charge in [-0.15, -0.1) is 23.1 Å². The maximum Gasteiger partial charge on any atom is 0.471 e. The Labute approximate surface area is 265 Å². The molecule has 5 rings (SSSR count). The Morgan fingerprint density at radius 2 is 1.89 bits per heavy atom. The van der Waals surface area contributed by atoms with Gasteiger partial charge in [0.05, 0.1) is 11.7 Å². The summed E-state index contributed by atoms with van der Waals surface area (Å²) in [5.74, 6) is -5.27. The molecule has 2 N–H and O–H groups in total. The van der Waals surface area contributed by atoms with E-state index in [1.807, 2.05) is 0 Å². The molecule has 1 saturated heterocycles. The summed E-state index contributed by atoms with van der Waals surface area (Å²) in [5.41, 5.74) is 0.0311. The Bertz CT molecular complexity index is 1700. The predicted octanol–water partition coefficient (Wildman–Crippen LogP) is 1.61. The molecule has 1 aromatic carbocycles. The molecule has 12 nitrogen and oxygen atoms in total. The van der Waals surface area contributed by atoms with Crippen molar-refractivity contribution < 1.29 is 46.9 Å². The number of hydrogen-bond acceptors (Lipinski definition) is 10. The van der Waals surface area contributed by atoms with E-state index >= 15 is 0 Å². The van der Waals surface area contributed by atoms with Crippen molar-refractivity contribution in [2.24, 2.45) is 5.16 Å². The summed E-state index contributed by atoms with van der Waals surface area (Å²) < 4.78 is 39.9. The van der Waals surface area contributed by atoms with Crippen molar-refractivity contribution in [3.05, 3.63) is 87.8 Å². The van der Waals surface area contributed by atoms with E-state index in [-0.39, 0.29) is 30.3 Å². The standard InChI is InChI=1S/C27H20ClF3N6O6S2/c28-16-6-4-14(5-7-16)11-43-35-18(17-13-45-26(32-17)34-25(42)27(29,30)31)21(38)33-19-22(39)37-20(24(40)41)15(12-44-23(19)37)10-36-8-2-1-3-9-36/h1-9,13,19,23H,10-12H2,(H2-,32,33,34,38,40,41,42)/t19?,23-/m1/s1. The van der Waals surface area contributed by atoms with E-state index in [0.717, 1.165) is 4.90 Å². The minimum atomic E-state index is -5.17. The fourth-order valence-corrected chi connectivity index (χ4v) is 6.48. The highest BCUT2D eigenvalue weighted by Crippen LogP contribution is 2.40. The smallest absolute Gasteiger partial charge is 0.471 e. The minimum Gasteiger partial charge on any atom is -0.543 e. The summed E-state index contributed by atoms with van der Waals surface area (Å²) in [6.45, 7) is 0.0653. The van der Waals surface area contributed by atoms with Gasteiger partial charge in [0.15, 0.2) is 29.8 Å². The molecule has 3 amide bonds. The number of thiazole rings is 1. The van der Waals surface area contributed by atoms with Crippen LogP contribution in [0, 0.1) is 0 Å². The highest BCUT2D eigenvalue weighted by molar-refractivity contribution is 8.00. The van der Waals surface area contributed by atoms with E-state index in [9.17, 15) is 37.5 Å². The van der Waals surface area contributed by atoms with Gasteiger partial charge in [-0.05, 0) is 17.7 Å². The number of carbonyl (C=O) groups excluding carboxylic acids is 4. The zero-order valence-corrected chi connectivity index (χ0v) is 25.0. The summed E-state index contributed by atoms with van der Waals surface area (Å²) in [6.07, 6.45) is -1.69. The second-order valence-corrected chi connectivity index (χ2v) is 11.9. The van der Waals surface area contributed by atoms with Gasteiger partial charge in [0.2, 0.25) is 0 Å². The van der Waals surface area contributed by atoms with Crippen LogP contribution in [-0.2, 0) is 37.2 Å². The molecule has 234 valence electrons. The molecular formula is C27H20ClF3N6O6S2. The lowest BCUT2D eigenvalue weighted by atomic mass is 10.0. The number of hydrogen-bond donors (Lipinski definition) is 2. The van der Waals surface area contributed by atoms with E-state index in [2.05, 4.69) is 15.5 Å². The number of benzene rings is 1. The third-order valence-electron chi connectivity index (χ3n) is 6.42. The van der Waals surface area contributed by atoms with Gasteiger partial charge in [0.1, 0.15) is 23.7 Å². The number of anilines is 1. The summed E-state index contributed by atoms with van der Waals surface area (Å²) in [4.78, 5) is 60.2. The summed E-state index contributed by atoms with van der Waals surface area (Å²) in [6, 6.07) is 10.6. The number of carbonyl (C=O) groups is 4. The molecule has 0 bridgehead atoms. The van der Waals surface area contributed by atoms with Crippen molar-refractivity contribution in [2.45, 2.75) is 30.7 Å². The molecule has 2 aromatic heterocycles. The topological polar surface area (TPSA) is 157 Å². The van der Waals surface area contributed by atoms with Gasteiger partial charge < -0.3 is 20.1 Å². The Morgan fingerprint density at radius 1 is 1.18 bits per heavy atom. The third kappa shape index (κ3) is 7.26. The molecule has 1 unspecified atom stereocenters. The number of aromatic nitrogens is 2. The van der Waals surface area contributed by atoms with Crippen molar-refractivity contribution in [2.75, 3.05) is 11.1 Å². The number of rotatable bonds is 10. The van der Waals surface area contributed by atoms with Crippen LogP contribution in [0.2, 0.25) is 5.02 Å². The van der Waals surface area contributed by atoms with E-state index in [1.54, 1.807) is 64.7 Å². The number of carboxylic acid groups (broad SMARTS) is 1. The van der Waals surface area contributed by atoms with Crippen molar-refractivity contribution in [1.29, 1.82) is 0 Å². The normalized spacial score (nSPS) is 18.2. The molecule has 1 fully saturated rings. The van der Waals surface area contributed by atoms with Crippen LogP contribution in [0.5, 0.6) is 0 Å². The average molecular weight is 681 g/mol. The largest absolute Gasteiger partial charge is 0.543 e. The molecule has 0 saturated carbocycles. The van der Waals surface area contributed by atoms with Gasteiger partial charge >= 0.3 is 12.1 Å². The number of alkyl halides is 3. The van der Waals surface area contributed by atoms with Crippen molar-refractivity contribution in [3.63, 3.8) is 0 Å². The Morgan fingerprint density at radius 3 is 2.56 bits per heavy atom. The number of nitrogens with zero attached hydrogens (tertiary/aromatic N) is 4. The van der Waals surface area contributed by atoms with Gasteiger partial charge in [0.25, 0.3) is 11.8 Å². The Kier molecular flexibility index (Phi) is 9.40.